The number of esters is 1. The lowest BCUT2D eigenvalue weighted by Gasteiger charge is -2.19. The van der Waals surface area contributed by atoms with Crippen LogP contribution < -0.4 is 5.32 Å². The van der Waals surface area contributed by atoms with Crippen molar-refractivity contribution in [3.63, 3.8) is 0 Å². The quantitative estimate of drug-likeness (QED) is 0.752. The minimum Gasteiger partial charge on any atom is -0.461 e. The van der Waals surface area contributed by atoms with Crippen LogP contribution in [0.2, 0.25) is 5.02 Å². The lowest BCUT2D eigenvalue weighted by Crippen LogP contribution is -2.34. The summed E-state index contributed by atoms with van der Waals surface area (Å²) in [6, 6.07) is 3.61. The van der Waals surface area contributed by atoms with Gasteiger partial charge in [0.1, 0.15) is 11.3 Å². The van der Waals surface area contributed by atoms with E-state index in [1.165, 1.54) is 0 Å². The summed E-state index contributed by atoms with van der Waals surface area (Å²) in [5.41, 5.74) is 1.20. The number of nitrogens with zero attached hydrogens (tertiary/aromatic N) is 2. The number of ether oxygens (including phenoxy) is 2. The van der Waals surface area contributed by atoms with Crippen molar-refractivity contribution in [3.8, 4) is 11.1 Å². The Morgan fingerprint density at radius 1 is 1.26 bits per heavy atom. The van der Waals surface area contributed by atoms with Gasteiger partial charge in [-0.3, -0.25) is 4.98 Å². The number of hydrogen-bond acceptors (Lipinski definition) is 5. The second kappa shape index (κ2) is 8.90. The van der Waals surface area contributed by atoms with E-state index in [1.807, 2.05) is 0 Å². The Morgan fingerprint density at radius 3 is 2.52 bits per heavy atom. The van der Waals surface area contributed by atoms with E-state index in [9.17, 15) is 9.59 Å². The molecule has 7 nitrogen and oxygen atoms in total. The van der Waals surface area contributed by atoms with Crippen LogP contribution in [0.5, 0.6) is 0 Å². The van der Waals surface area contributed by atoms with Crippen LogP contribution in [-0.4, -0.2) is 40.4 Å². The van der Waals surface area contributed by atoms with Gasteiger partial charge in [-0.15, -0.1) is 0 Å². The lowest BCUT2D eigenvalue weighted by molar-refractivity contribution is 0.0514. The molecule has 0 fully saturated rings. The number of carbonyl (C=O) groups excluding carboxylic acids is 2. The monoisotopic (exact) mass is 393 g/mol. The second-order valence-electron chi connectivity index (χ2n) is 6.78. The van der Waals surface area contributed by atoms with E-state index in [0.29, 0.717) is 17.1 Å². The van der Waals surface area contributed by atoms with Crippen molar-refractivity contribution in [1.82, 2.24) is 14.9 Å². The molecule has 0 aliphatic carbocycles. The summed E-state index contributed by atoms with van der Waals surface area (Å²) in [5.74, 6) is -0.514. The summed E-state index contributed by atoms with van der Waals surface area (Å²) in [5, 5.41) is 2.97. The number of aromatic nitrogens is 2. The maximum atomic E-state index is 12.4. The fourth-order valence-corrected chi connectivity index (χ4v) is 2.78. The van der Waals surface area contributed by atoms with Crippen molar-refractivity contribution in [1.29, 1.82) is 0 Å². The van der Waals surface area contributed by atoms with Gasteiger partial charge in [-0.05, 0) is 45.4 Å². The van der Waals surface area contributed by atoms with E-state index in [2.05, 4.69) is 10.3 Å². The molecule has 27 heavy (non-hydrogen) atoms. The maximum absolute atomic E-state index is 12.4. The Morgan fingerprint density at radius 2 is 1.93 bits per heavy atom. The predicted octanol–water partition coefficient (Wildman–Crippen LogP) is 3.90. The first-order valence-corrected chi connectivity index (χ1v) is 9.03. The molecule has 0 aromatic carbocycles. The fraction of sp³-hybridized carbons (Fsp3) is 0.421. The Kier molecular flexibility index (Phi) is 6.85. The van der Waals surface area contributed by atoms with Crippen molar-refractivity contribution < 1.29 is 19.1 Å². The van der Waals surface area contributed by atoms with Crippen molar-refractivity contribution in [3.05, 3.63) is 41.4 Å². The highest BCUT2D eigenvalue weighted by molar-refractivity contribution is 6.36. The Balaban J connectivity index is 2.21. The summed E-state index contributed by atoms with van der Waals surface area (Å²) >= 11 is 6.47. The van der Waals surface area contributed by atoms with Crippen molar-refractivity contribution in [2.24, 2.45) is 0 Å². The summed E-state index contributed by atoms with van der Waals surface area (Å²) in [6.07, 6.45) is 4.54. The number of rotatable bonds is 6. The van der Waals surface area contributed by atoms with Gasteiger partial charge >= 0.3 is 12.1 Å². The Bertz CT molecular complexity index is 797. The van der Waals surface area contributed by atoms with E-state index in [4.69, 9.17) is 21.1 Å². The van der Waals surface area contributed by atoms with Crippen LogP contribution >= 0.6 is 11.6 Å². The highest BCUT2D eigenvalue weighted by atomic mass is 35.5. The Labute approximate surface area is 163 Å². The molecule has 0 saturated heterocycles. The molecule has 2 aromatic heterocycles. The maximum Gasteiger partial charge on any atom is 0.407 e. The molecule has 0 unspecified atom stereocenters. The number of carbonyl (C=O) groups is 2. The van der Waals surface area contributed by atoms with Crippen molar-refractivity contribution in [2.75, 3.05) is 13.2 Å². The molecule has 2 heterocycles. The Hall–Kier alpha value is -2.54. The summed E-state index contributed by atoms with van der Waals surface area (Å²) in [6.45, 7) is 7.93. The van der Waals surface area contributed by atoms with Gasteiger partial charge < -0.3 is 19.4 Å². The standard InChI is InChI=1S/C19H24ClN3O4/c1-5-26-17(24)16-15(20)14(13-6-8-21-9-7-13)12-23(16)11-10-22-18(25)27-19(2,3)4/h6-9,12H,5,10-11H2,1-4H3,(H,22,25). The molecule has 0 aliphatic heterocycles. The van der Waals surface area contributed by atoms with Gasteiger partial charge in [-0.2, -0.15) is 0 Å². The highest BCUT2D eigenvalue weighted by Gasteiger charge is 2.23. The van der Waals surface area contributed by atoms with Crippen LogP contribution in [0.15, 0.2) is 30.7 Å². The minimum atomic E-state index is -0.578. The van der Waals surface area contributed by atoms with Gasteiger partial charge in [-0.25, -0.2) is 9.59 Å². The molecule has 2 aromatic rings. The average molecular weight is 394 g/mol. The SMILES string of the molecule is CCOC(=O)c1c(Cl)c(-c2ccncc2)cn1CCNC(=O)OC(C)(C)C. The van der Waals surface area contributed by atoms with Gasteiger partial charge in [0.2, 0.25) is 0 Å². The number of alkyl carbamates (subject to hydrolysis) is 1. The van der Waals surface area contributed by atoms with E-state index in [0.717, 1.165) is 5.56 Å². The predicted molar refractivity (Wildman–Crippen MR) is 103 cm³/mol. The number of hydrogen-bond donors (Lipinski definition) is 1. The van der Waals surface area contributed by atoms with Crippen LogP contribution in [0.4, 0.5) is 4.79 Å². The number of nitrogens with one attached hydrogen (secondary N) is 1. The third kappa shape index (κ3) is 5.72. The molecule has 0 atom stereocenters. The molecule has 146 valence electrons. The van der Waals surface area contributed by atoms with Gasteiger partial charge in [0.15, 0.2) is 0 Å². The van der Waals surface area contributed by atoms with Gasteiger partial charge in [0.25, 0.3) is 0 Å². The largest absolute Gasteiger partial charge is 0.461 e. The first-order chi connectivity index (χ1) is 12.7. The third-order valence-electron chi connectivity index (χ3n) is 3.50. The minimum absolute atomic E-state index is 0.237. The zero-order valence-corrected chi connectivity index (χ0v) is 16.7. The van der Waals surface area contributed by atoms with E-state index in [-0.39, 0.29) is 18.8 Å². The summed E-state index contributed by atoms with van der Waals surface area (Å²) in [4.78, 5) is 28.1. The van der Waals surface area contributed by atoms with Crippen LogP contribution in [-0.2, 0) is 16.0 Å². The van der Waals surface area contributed by atoms with Crippen molar-refractivity contribution >= 4 is 23.7 Å². The van der Waals surface area contributed by atoms with Crippen LogP contribution in [0, 0.1) is 0 Å². The molecule has 2 rings (SSSR count). The molecule has 1 amide bonds. The van der Waals surface area contributed by atoms with Crippen molar-refractivity contribution in [2.45, 2.75) is 39.8 Å². The molecular formula is C19H24ClN3O4. The van der Waals surface area contributed by atoms with E-state index < -0.39 is 17.7 Å². The first kappa shape index (κ1) is 20.8. The van der Waals surface area contributed by atoms with Crippen LogP contribution in [0.1, 0.15) is 38.2 Å². The zero-order valence-electron chi connectivity index (χ0n) is 15.9. The summed E-state index contributed by atoms with van der Waals surface area (Å²) in [7, 11) is 0. The molecule has 0 spiro atoms. The molecule has 1 N–H and O–H groups in total. The number of pyridine rings is 1. The molecule has 8 heteroatoms. The van der Waals surface area contributed by atoms with Gasteiger partial charge in [0, 0.05) is 37.2 Å². The summed E-state index contributed by atoms with van der Waals surface area (Å²) < 4.78 is 12.0. The van der Waals surface area contributed by atoms with Crippen LogP contribution in [0.25, 0.3) is 11.1 Å². The highest BCUT2D eigenvalue weighted by Crippen LogP contribution is 2.32. The fourth-order valence-electron chi connectivity index (χ4n) is 2.44. The van der Waals surface area contributed by atoms with Gasteiger partial charge in [-0.1, -0.05) is 11.6 Å². The lowest BCUT2D eigenvalue weighted by atomic mass is 10.1. The average Bonchev–Trinajstić information content (AvgIpc) is 2.91. The number of amides is 1. The smallest absolute Gasteiger partial charge is 0.407 e. The molecule has 0 radical (unpaired) electrons. The zero-order chi connectivity index (χ0) is 20.0. The van der Waals surface area contributed by atoms with Crippen LogP contribution in [0.3, 0.4) is 0 Å². The normalized spacial score (nSPS) is 11.1. The third-order valence-corrected chi connectivity index (χ3v) is 3.88. The second-order valence-corrected chi connectivity index (χ2v) is 7.16. The molecule has 0 saturated carbocycles. The molecule has 0 bridgehead atoms. The molecular weight excluding hydrogens is 370 g/mol. The molecule has 0 aliphatic rings. The van der Waals surface area contributed by atoms with Gasteiger partial charge in [0.05, 0.1) is 11.6 Å². The first-order valence-electron chi connectivity index (χ1n) is 8.66. The van der Waals surface area contributed by atoms with E-state index >= 15 is 0 Å². The topological polar surface area (TPSA) is 82.5 Å². The number of halogens is 1. The van der Waals surface area contributed by atoms with E-state index in [1.54, 1.807) is 63.0 Å².